The van der Waals surface area contributed by atoms with Crippen LogP contribution in [-0.4, -0.2) is 47.7 Å². The highest BCUT2D eigenvalue weighted by Crippen LogP contribution is 2.17. The van der Waals surface area contributed by atoms with E-state index in [2.05, 4.69) is 20.6 Å². The highest BCUT2D eigenvalue weighted by atomic mass is 16.5. The van der Waals surface area contributed by atoms with Crippen molar-refractivity contribution >= 4 is 23.4 Å². The minimum atomic E-state index is -0.364. The van der Waals surface area contributed by atoms with Crippen LogP contribution in [0.1, 0.15) is 46.4 Å². The molecule has 1 fully saturated rings. The number of nitrogens with zero attached hydrogens (tertiary/aromatic N) is 2. The largest absolute Gasteiger partial charge is 0.462 e. The van der Waals surface area contributed by atoms with Crippen LogP contribution in [0.5, 0.6) is 0 Å². The average molecular weight is 384 g/mol. The zero-order chi connectivity index (χ0) is 19.9. The number of benzene rings is 1. The molecule has 1 amide bonds. The maximum atomic E-state index is 12.4. The van der Waals surface area contributed by atoms with Crippen LogP contribution in [0.4, 0.5) is 11.5 Å². The van der Waals surface area contributed by atoms with Crippen molar-refractivity contribution in [1.82, 2.24) is 15.3 Å². The van der Waals surface area contributed by atoms with Gasteiger partial charge in [-0.25, -0.2) is 14.8 Å². The van der Waals surface area contributed by atoms with Crippen molar-refractivity contribution in [3.05, 3.63) is 47.4 Å². The first kappa shape index (κ1) is 19.8. The number of aromatic nitrogens is 2. The Balaban J connectivity index is 1.65. The van der Waals surface area contributed by atoms with Gasteiger partial charge < -0.3 is 20.1 Å². The third-order valence-corrected chi connectivity index (χ3v) is 4.25. The van der Waals surface area contributed by atoms with Gasteiger partial charge in [-0.2, -0.15) is 0 Å². The molecule has 2 heterocycles. The first-order valence-electron chi connectivity index (χ1n) is 9.35. The van der Waals surface area contributed by atoms with Gasteiger partial charge in [0.25, 0.3) is 5.91 Å². The summed E-state index contributed by atoms with van der Waals surface area (Å²) in [5.74, 6) is 0.355. The summed E-state index contributed by atoms with van der Waals surface area (Å²) in [5.41, 5.74) is 1.49. The molecule has 2 N–H and O–H groups in total. The van der Waals surface area contributed by atoms with Crippen LogP contribution in [0.2, 0.25) is 0 Å². The van der Waals surface area contributed by atoms with Crippen molar-refractivity contribution in [2.75, 3.05) is 25.1 Å². The fourth-order valence-electron chi connectivity index (χ4n) is 2.90. The Bertz CT molecular complexity index is 833. The van der Waals surface area contributed by atoms with Gasteiger partial charge >= 0.3 is 5.97 Å². The molecule has 1 aromatic carbocycles. The Labute approximate surface area is 163 Å². The molecule has 148 valence electrons. The maximum absolute atomic E-state index is 12.4. The number of hydrogen-bond donors (Lipinski definition) is 2. The minimum Gasteiger partial charge on any atom is -0.462 e. The van der Waals surface area contributed by atoms with Crippen LogP contribution in [0.25, 0.3) is 0 Å². The molecule has 3 rings (SSSR count). The Kier molecular flexibility index (Phi) is 6.54. The zero-order valence-electron chi connectivity index (χ0n) is 16.0. The molecule has 0 aliphatic carbocycles. The van der Waals surface area contributed by atoms with Crippen molar-refractivity contribution in [2.24, 2.45) is 0 Å². The van der Waals surface area contributed by atoms with Gasteiger partial charge in [-0.1, -0.05) is 0 Å². The van der Waals surface area contributed by atoms with Crippen molar-refractivity contribution in [1.29, 1.82) is 0 Å². The average Bonchev–Trinajstić information content (AvgIpc) is 3.20. The lowest BCUT2D eigenvalue weighted by Gasteiger charge is -2.12. The lowest BCUT2D eigenvalue weighted by atomic mass is 10.2. The number of hydrogen-bond acceptors (Lipinski definition) is 7. The molecule has 1 aromatic heterocycles. The number of nitrogens with one attached hydrogen (secondary N) is 2. The number of carbonyl (C=O) groups is 2. The second kappa shape index (κ2) is 9.27. The molecule has 28 heavy (non-hydrogen) atoms. The first-order valence-corrected chi connectivity index (χ1v) is 9.35. The van der Waals surface area contributed by atoms with E-state index < -0.39 is 0 Å². The van der Waals surface area contributed by atoms with Gasteiger partial charge in [0.1, 0.15) is 17.3 Å². The van der Waals surface area contributed by atoms with Gasteiger partial charge in [0.15, 0.2) is 0 Å². The van der Waals surface area contributed by atoms with Gasteiger partial charge in [0.2, 0.25) is 0 Å². The summed E-state index contributed by atoms with van der Waals surface area (Å²) in [4.78, 5) is 32.7. The molecular weight excluding hydrogens is 360 g/mol. The summed E-state index contributed by atoms with van der Waals surface area (Å²) in [7, 11) is 0. The minimum absolute atomic E-state index is 0.0717. The third kappa shape index (κ3) is 5.26. The molecule has 2 aromatic rings. The molecular formula is C20H24N4O4. The quantitative estimate of drug-likeness (QED) is 0.707. The molecule has 0 saturated carbocycles. The number of aryl methyl sites for hydroxylation is 1. The first-order chi connectivity index (χ1) is 13.5. The highest BCUT2D eigenvalue weighted by molar-refractivity contribution is 5.93. The lowest BCUT2D eigenvalue weighted by Crippen LogP contribution is -2.32. The van der Waals surface area contributed by atoms with Crippen molar-refractivity contribution in [2.45, 2.75) is 32.8 Å². The number of esters is 1. The summed E-state index contributed by atoms with van der Waals surface area (Å²) < 4.78 is 10.5. The Hall–Kier alpha value is -3.00. The summed E-state index contributed by atoms with van der Waals surface area (Å²) in [6.07, 6.45) is 2.05. The second-order valence-corrected chi connectivity index (χ2v) is 6.45. The van der Waals surface area contributed by atoms with Gasteiger partial charge in [-0.05, 0) is 51.0 Å². The van der Waals surface area contributed by atoms with Crippen LogP contribution in [-0.2, 0) is 9.47 Å². The second-order valence-electron chi connectivity index (χ2n) is 6.45. The number of ether oxygens (including phenoxy) is 2. The molecule has 1 aliphatic heterocycles. The molecule has 1 aliphatic rings. The number of anilines is 2. The molecule has 8 nitrogen and oxygen atoms in total. The molecule has 1 atom stereocenters. The van der Waals surface area contributed by atoms with Gasteiger partial charge in [-0.3, -0.25) is 4.79 Å². The van der Waals surface area contributed by atoms with E-state index in [9.17, 15) is 9.59 Å². The summed E-state index contributed by atoms with van der Waals surface area (Å²) in [5, 5.41) is 5.99. The standard InChI is InChI=1S/C20H24N4O4/c1-3-27-20(26)14-6-8-15(9-7-14)24-18-11-17(22-13(2)23-18)19(25)21-12-16-5-4-10-28-16/h6-9,11,16H,3-5,10,12H2,1-2H3,(H,21,25)(H,22,23,24). The molecule has 0 spiro atoms. The normalized spacial score (nSPS) is 15.9. The number of carbonyl (C=O) groups excluding carboxylic acids is 2. The van der Waals surface area contributed by atoms with E-state index in [1.165, 1.54) is 0 Å². The Morgan fingerprint density at radius 3 is 2.71 bits per heavy atom. The van der Waals surface area contributed by atoms with Crippen LogP contribution in [0.15, 0.2) is 30.3 Å². The lowest BCUT2D eigenvalue weighted by molar-refractivity contribution is 0.0526. The molecule has 0 radical (unpaired) electrons. The fourth-order valence-corrected chi connectivity index (χ4v) is 2.90. The summed E-state index contributed by atoms with van der Waals surface area (Å²) >= 11 is 0. The van der Waals surface area contributed by atoms with E-state index in [-0.39, 0.29) is 23.7 Å². The Morgan fingerprint density at radius 1 is 1.25 bits per heavy atom. The zero-order valence-corrected chi connectivity index (χ0v) is 16.0. The maximum Gasteiger partial charge on any atom is 0.338 e. The van der Waals surface area contributed by atoms with Crippen LogP contribution in [0, 0.1) is 6.92 Å². The van der Waals surface area contributed by atoms with Gasteiger partial charge in [0.05, 0.1) is 18.3 Å². The predicted octanol–water partition coefficient (Wildman–Crippen LogP) is 2.61. The van der Waals surface area contributed by atoms with Crippen molar-refractivity contribution in [3.63, 3.8) is 0 Å². The Morgan fingerprint density at radius 2 is 2.04 bits per heavy atom. The van der Waals surface area contributed by atoms with Crippen LogP contribution >= 0.6 is 0 Å². The smallest absolute Gasteiger partial charge is 0.338 e. The summed E-state index contributed by atoms with van der Waals surface area (Å²) in [6.45, 7) is 5.04. The van der Waals surface area contributed by atoms with Crippen molar-refractivity contribution in [3.8, 4) is 0 Å². The van der Waals surface area contributed by atoms with E-state index in [1.54, 1.807) is 44.2 Å². The molecule has 8 heteroatoms. The van der Waals surface area contributed by atoms with Crippen molar-refractivity contribution < 1.29 is 19.1 Å². The highest BCUT2D eigenvalue weighted by Gasteiger charge is 2.18. The SMILES string of the molecule is CCOC(=O)c1ccc(Nc2cc(C(=O)NCC3CCCO3)nc(C)n2)cc1. The third-order valence-electron chi connectivity index (χ3n) is 4.25. The van der Waals surface area contributed by atoms with Gasteiger partial charge in [0, 0.05) is 24.9 Å². The molecule has 1 unspecified atom stereocenters. The van der Waals surface area contributed by atoms with E-state index in [4.69, 9.17) is 9.47 Å². The van der Waals surface area contributed by atoms with Crippen LogP contribution < -0.4 is 10.6 Å². The van der Waals surface area contributed by atoms with E-state index >= 15 is 0 Å². The van der Waals surface area contributed by atoms with E-state index in [0.29, 0.717) is 30.4 Å². The number of amides is 1. The van der Waals surface area contributed by atoms with E-state index in [0.717, 1.165) is 25.1 Å². The topological polar surface area (TPSA) is 102 Å². The van der Waals surface area contributed by atoms with Gasteiger partial charge in [-0.15, -0.1) is 0 Å². The predicted molar refractivity (Wildman–Crippen MR) is 104 cm³/mol. The van der Waals surface area contributed by atoms with Crippen LogP contribution in [0.3, 0.4) is 0 Å². The number of rotatable bonds is 7. The monoisotopic (exact) mass is 384 g/mol. The molecule has 0 bridgehead atoms. The fraction of sp³-hybridized carbons (Fsp3) is 0.400. The van der Waals surface area contributed by atoms with E-state index in [1.807, 2.05) is 0 Å². The molecule has 1 saturated heterocycles. The summed E-state index contributed by atoms with van der Waals surface area (Å²) in [6, 6.07) is 8.44.